The Morgan fingerprint density at radius 3 is 2.61 bits per heavy atom. The molecule has 1 amide bonds. The average molecular weight is 273 g/mol. The van der Waals surface area contributed by atoms with Gasteiger partial charge in [-0.3, -0.25) is 4.79 Å². The van der Waals surface area contributed by atoms with Crippen LogP contribution in [0.5, 0.6) is 0 Å². The van der Waals surface area contributed by atoms with Crippen molar-refractivity contribution in [3.05, 3.63) is 17.9 Å². The maximum Gasteiger partial charge on any atom is 0.287 e. The first-order valence-electron chi connectivity index (χ1n) is 5.61. The van der Waals surface area contributed by atoms with Crippen LogP contribution in [0.15, 0.2) is 21.6 Å². The van der Waals surface area contributed by atoms with Crippen molar-refractivity contribution in [2.24, 2.45) is 5.14 Å². The molecule has 1 aliphatic rings. The quantitative estimate of drug-likeness (QED) is 0.681. The Balaban J connectivity index is 2.02. The monoisotopic (exact) mass is 273 g/mol. The predicted octanol–water partition coefficient (Wildman–Crippen LogP) is -0.591. The van der Waals surface area contributed by atoms with Crippen LogP contribution in [0.3, 0.4) is 0 Å². The van der Waals surface area contributed by atoms with Crippen molar-refractivity contribution in [2.75, 3.05) is 13.1 Å². The van der Waals surface area contributed by atoms with Crippen LogP contribution in [-0.2, 0) is 10.0 Å². The zero-order chi connectivity index (χ0) is 13.2. The van der Waals surface area contributed by atoms with Crippen molar-refractivity contribution in [1.29, 1.82) is 0 Å². The van der Waals surface area contributed by atoms with E-state index in [0.717, 1.165) is 25.9 Å². The molecule has 7 nitrogen and oxygen atoms in total. The fourth-order valence-corrected chi connectivity index (χ4v) is 2.28. The van der Waals surface area contributed by atoms with E-state index in [9.17, 15) is 13.2 Å². The Hall–Kier alpha value is -1.38. The first-order valence-corrected chi connectivity index (χ1v) is 7.15. The second-order valence-electron chi connectivity index (χ2n) is 4.16. The van der Waals surface area contributed by atoms with Crippen LogP contribution in [0.25, 0.3) is 0 Å². The molecule has 0 radical (unpaired) electrons. The van der Waals surface area contributed by atoms with E-state index >= 15 is 0 Å². The van der Waals surface area contributed by atoms with Crippen LogP contribution in [0.4, 0.5) is 0 Å². The van der Waals surface area contributed by atoms with E-state index in [1.807, 2.05) is 0 Å². The third-order valence-electron chi connectivity index (χ3n) is 2.76. The van der Waals surface area contributed by atoms with Crippen molar-refractivity contribution in [1.82, 2.24) is 10.6 Å². The third-order valence-corrected chi connectivity index (χ3v) is 3.54. The molecule has 0 unspecified atom stereocenters. The molecule has 1 aliphatic heterocycles. The molecular formula is C10H15N3O4S. The van der Waals surface area contributed by atoms with Crippen LogP contribution < -0.4 is 15.8 Å². The van der Waals surface area contributed by atoms with Gasteiger partial charge in [0.15, 0.2) is 5.76 Å². The summed E-state index contributed by atoms with van der Waals surface area (Å²) in [5.41, 5.74) is 0. The van der Waals surface area contributed by atoms with Gasteiger partial charge in [0.1, 0.15) is 0 Å². The summed E-state index contributed by atoms with van der Waals surface area (Å²) in [5.74, 6) is -0.464. The van der Waals surface area contributed by atoms with Crippen molar-refractivity contribution in [3.63, 3.8) is 0 Å². The number of rotatable bonds is 3. The summed E-state index contributed by atoms with van der Waals surface area (Å²) in [4.78, 5) is 11.8. The van der Waals surface area contributed by atoms with Crippen LogP contribution in [-0.4, -0.2) is 33.5 Å². The Morgan fingerprint density at radius 2 is 2.06 bits per heavy atom. The SMILES string of the molecule is NS(=O)(=O)c1ccc(C(=O)NC2CCNCC2)o1. The summed E-state index contributed by atoms with van der Waals surface area (Å²) in [6.45, 7) is 1.71. The molecule has 2 rings (SSSR count). The highest BCUT2D eigenvalue weighted by molar-refractivity contribution is 7.89. The van der Waals surface area contributed by atoms with Crippen LogP contribution >= 0.6 is 0 Å². The number of furan rings is 1. The molecule has 0 saturated carbocycles. The number of hydrogen-bond donors (Lipinski definition) is 3. The Bertz CT molecular complexity index is 531. The highest BCUT2D eigenvalue weighted by Crippen LogP contribution is 2.13. The van der Waals surface area contributed by atoms with E-state index < -0.39 is 21.0 Å². The molecule has 1 aromatic rings. The van der Waals surface area contributed by atoms with Gasteiger partial charge in [0.25, 0.3) is 15.9 Å². The van der Waals surface area contributed by atoms with Crippen molar-refractivity contribution in [3.8, 4) is 0 Å². The predicted molar refractivity (Wildman–Crippen MR) is 63.4 cm³/mol. The molecule has 1 aromatic heterocycles. The van der Waals surface area contributed by atoms with Gasteiger partial charge in [0, 0.05) is 6.04 Å². The number of nitrogens with two attached hydrogens (primary N) is 1. The largest absolute Gasteiger partial charge is 0.438 e. The molecular weight excluding hydrogens is 258 g/mol. The van der Waals surface area contributed by atoms with E-state index in [-0.39, 0.29) is 11.8 Å². The van der Waals surface area contributed by atoms with E-state index in [0.29, 0.717) is 0 Å². The molecule has 0 aliphatic carbocycles. The summed E-state index contributed by atoms with van der Waals surface area (Å²) in [6.07, 6.45) is 1.68. The van der Waals surface area contributed by atoms with Gasteiger partial charge in [-0.2, -0.15) is 0 Å². The number of carbonyl (C=O) groups excluding carboxylic acids is 1. The van der Waals surface area contributed by atoms with E-state index in [4.69, 9.17) is 9.56 Å². The Kier molecular flexibility index (Phi) is 3.69. The minimum atomic E-state index is -3.91. The van der Waals surface area contributed by atoms with Crippen LogP contribution in [0.2, 0.25) is 0 Å². The van der Waals surface area contributed by atoms with Gasteiger partial charge in [0.05, 0.1) is 0 Å². The number of sulfonamides is 1. The molecule has 18 heavy (non-hydrogen) atoms. The Morgan fingerprint density at radius 1 is 1.39 bits per heavy atom. The molecule has 0 atom stereocenters. The van der Waals surface area contributed by atoms with E-state index in [1.54, 1.807) is 0 Å². The zero-order valence-corrected chi connectivity index (χ0v) is 10.5. The Labute approximate surface area is 105 Å². The highest BCUT2D eigenvalue weighted by atomic mass is 32.2. The standard InChI is InChI=1S/C10H15N3O4S/c11-18(15,16)9-2-1-8(17-9)10(14)13-7-3-5-12-6-4-7/h1-2,7,12H,3-6H2,(H,13,14)(H2,11,15,16). The number of amides is 1. The normalized spacial score (nSPS) is 17.6. The molecule has 0 bridgehead atoms. The fraction of sp³-hybridized carbons (Fsp3) is 0.500. The maximum atomic E-state index is 11.8. The van der Waals surface area contributed by atoms with Gasteiger partial charge in [-0.1, -0.05) is 0 Å². The summed E-state index contributed by atoms with van der Waals surface area (Å²) in [6, 6.07) is 2.56. The van der Waals surface area contributed by atoms with Crippen LogP contribution in [0.1, 0.15) is 23.4 Å². The molecule has 1 saturated heterocycles. The maximum absolute atomic E-state index is 11.8. The van der Waals surface area contributed by atoms with Gasteiger partial charge in [-0.15, -0.1) is 0 Å². The minimum absolute atomic E-state index is 0.0439. The first-order chi connectivity index (χ1) is 8.47. The number of piperidine rings is 1. The zero-order valence-electron chi connectivity index (χ0n) is 9.68. The lowest BCUT2D eigenvalue weighted by atomic mass is 10.1. The molecule has 4 N–H and O–H groups in total. The molecule has 100 valence electrons. The number of carbonyl (C=O) groups is 1. The molecule has 2 heterocycles. The van der Waals surface area contributed by atoms with Crippen molar-refractivity contribution >= 4 is 15.9 Å². The summed E-state index contributed by atoms with van der Waals surface area (Å²) >= 11 is 0. The van der Waals surface area contributed by atoms with Gasteiger partial charge in [-0.25, -0.2) is 13.6 Å². The van der Waals surface area contributed by atoms with Gasteiger partial charge in [-0.05, 0) is 38.1 Å². The summed E-state index contributed by atoms with van der Waals surface area (Å²) in [7, 11) is -3.91. The average Bonchev–Trinajstić information content (AvgIpc) is 2.79. The first kappa shape index (κ1) is 13.1. The number of primary sulfonamides is 1. The molecule has 0 aromatic carbocycles. The lowest BCUT2D eigenvalue weighted by Gasteiger charge is -2.23. The second kappa shape index (κ2) is 5.09. The minimum Gasteiger partial charge on any atom is -0.438 e. The van der Waals surface area contributed by atoms with E-state index in [1.165, 1.54) is 12.1 Å². The summed E-state index contributed by atoms with van der Waals surface area (Å²) in [5, 5.41) is 10.5. The van der Waals surface area contributed by atoms with E-state index in [2.05, 4.69) is 10.6 Å². The van der Waals surface area contributed by atoms with Crippen molar-refractivity contribution in [2.45, 2.75) is 24.0 Å². The number of hydrogen-bond acceptors (Lipinski definition) is 5. The summed E-state index contributed by atoms with van der Waals surface area (Å²) < 4.78 is 26.9. The van der Waals surface area contributed by atoms with Gasteiger partial charge in [0.2, 0.25) is 5.09 Å². The topological polar surface area (TPSA) is 114 Å². The number of nitrogens with one attached hydrogen (secondary N) is 2. The highest BCUT2D eigenvalue weighted by Gasteiger charge is 2.20. The van der Waals surface area contributed by atoms with Crippen LogP contribution in [0, 0.1) is 0 Å². The molecule has 1 fully saturated rings. The lowest BCUT2D eigenvalue weighted by molar-refractivity contribution is 0.0896. The lowest BCUT2D eigenvalue weighted by Crippen LogP contribution is -2.42. The van der Waals surface area contributed by atoms with Gasteiger partial charge >= 0.3 is 0 Å². The molecule has 8 heteroatoms. The van der Waals surface area contributed by atoms with Gasteiger partial charge < -0.3 is 15.1 Å². The second-order valence-corrected chi connectivity index (χ2v) is 5.65. The van der Waals surface area contributed by atoms with Crippen molar-refractivity contribution < 1.29 is 17.6 Å². The molecule has 0 spiro atoms. The fourth-order valence-electron chi connectivity index (χ4n) is 1.82. The smallest absolute Gasteiger partial charge is 0.287 e. The third kappa shape index (κ3) is 3.09.